The van der Waals surface area contributed by atoms with E-state index in [1.54, 1.807) is 0 Å². The predicted molar refractivity (Wildman–Crippen MR) is 52.8 cm³/mol. The molecule has 2 N–H and O–H groups in total. The van der Waals surface area contributed by atoms with Crippen molar-refractivity contribution in [3.8, 4) is 0 Å². The molecule has 3 heteroatoms. The van der Waals surface area contributed by atoms with Crippen molar-refractivity contribution in [1.82, 2.24) is 10.6 Å². The van der Waals surface area contributed by atoms with Crippen LogP contribution in [0.4, 0.5) is 0 Å². The molecule has 0 saturated carbocycles. The van der Waals surface area contributed by atoms with Crippen molar-refractivity contribution in [3.63, 3.8) is 0 Å². The van der Waals surface area contributed by atoms with E-state index in [1.165, 1.54) is 12.8 Å². The van der Waals surface area contributed by atoms with Crippen molar-refractivity contribution in [2.24, 2.45) is 5.41 Å². The van der Waals surface area contributed by atoms with Gasteiger partial charge in [-0.15, -0.1) is 0 Å². The molecule has 0 aromatic heterocycles. The first kappa shape index (κ1) is 9.44. The summed E-state index contributed by atoms with van der Waals surface area (Å²) in [4.78, 5) is 0. The maximum Gasteiger partial charge on any atom is 0.0471 e. The Morgan fingerprint density at radius 3 is 2.62 bits per heavy atom. The summed E-state index contributed by atoms with van der Waals surface area (Å²) in [5, 5.41) is 6.89. The van der Waals surface area contributed by atoms with Crippen molar-refractivity contribution in [2.45, 2.75) is 25.8 Å². The SMILES string of the molecule is CC1(CNC2CNC2)CCOCC1. The maximum absolute atomic E-state index is 5.37. The van der Waals surface area contributed by atoms with Crippen molar-refractivity contribution in [2.75, 3.05) is 32.8 Å². The van der Waals surface area contributed by atoms with Crippen LogP contribution in [-0.4, -0.2) is 38.9 Å². The van der Waals surface area contributed by atoms with Gasteiger partial charge < -0.3 is 15.4 Å². The lowest BCUT2D eigenvalue weighted by Gasteiger charge is -2.37. The third-order valence-corrected chi connectivity index (χ3v) is 3.30. The first-order valence-electron chi connectivity index (χ1n) is 5.30. The number of ether oxygens (including phenoxy) is 1. The summed E-state index contributed by atoms with van der Waals surface area (Å²) < 4.78 is 5.37. The molecule has 0 aromatic rings. The van der Waals surface area contributed by atoms with Gasteiger partial charge in [-0.25, -0.2) is 0 Å². The Balaban J connectivity index is 1.71. The van der Waals surface area contributed by atoms with Crippen LogP contribution in [0.1, 0.15) is 19.8 Å². The van der Waals surface area contributed by atoms with E-state index in [2.05, 4.69) is 17.6 Å². The molecular formula is C10H20N2O. The standard InChI is InChI=1S/C10H20N2O/c1-10(2-4-13-5-3-10)8-12-9-6-11-7-9/h9,11-12H,2-8H2,1H3. The van der Waals surface area contributed by atoms with Crippen LogP contribution in [-0.2, 0) is 4.74 Å². The normalized spacial score (nSPS) is 28.4. The minimum Gasteiger partial charge on any atom is -0.381 e. The lowest BCUT2D eigenvalue weighted by Crippen LogP contribution is -2.57. The van der Waals surface area contributed by atoms with Gasteiger partial charge in [-0.1, -0.05) is 6.92 Å². The van der Waals surface area contributed by atoms with Crippen molar-refractivity contribution in [3.05, 3.63) is 0 Å². The fourth-order valence-electron chi connectivity index (χ4n) is 1.86. The van der Waals surface area contributed by atoms with Gasteiger partial charge in [-0.3, -0.25) is 0 Å². The molecule has 0 atom stereocenters. The summed E-state index contributed by atoms with van der Waals surface area (Å²) in [5.41, 5.74) is 0.480. The molecule has 2 heterocycles. The summed E-state index contributed by atoms with van der Waals surface area (Å²) in [7, 11) is 0. The zero-order valence-electron chi connectivity index (χ0n) is 8.44. The monoisotopic (exact) mass is 184 g/mol. The molecule has 2 rings (SSSR count). The molecule has 0 amide bonds. The molecule has 0 bridgehead atoms. The number of hydrogen-bond acceptors (Lipinski definition) is 3. The second-order valence-corrected chi connectivity index (χ2v) is 4.66. The van der Waals surface area contributed by atoms with E-state index in [4.69, 9.17) is 4.74 Å². The van der Waals surface area contributed by atoms with Gasteiger partial charge in [0.05, 0.1) is 0 Å². The van der Waals surface area contributed by atoms with Crippen LogP contribution in [0.5, 0.6) is 0 Å². The Morgan fingerprint density at radius 2 is 2.08 bits per heavy atom. The topological polar surface area (TPSA) is 33.3 Å². The largest absolute Gasteiger partial charge is 0.381 e. The highest BCUT2D eigenvalue weighted by Crippen LogP contribution is 2.28. The second-order valence-electron chi connectivity index (χ2n) is 4.66. The molecule has 0 aliphatic carbocycles. The van der Waals surface area contributed by atoms with E-state index in [9.17, 15) is 0 Å². The summed E-state index contributed by atoms with van der Waals surface area (Å²) >= 11 is 0. The highest BCUT2D eigenvalue weighted by molar-refractivity contribution is 4.86. The van der Waals surface area contributed by atoms with Crippen LogP contribution < -0.4 is 10.6 Å². The molecule has 0 aromatic carbocycles. The van der Waals surface area contributed by atoms with Gasteiger partial charge in [0, 0.05) is 38.9 Å². The zero-order valence-corrected chi connectivity index (χ0v) is 8.44. The Kier molecular flexibility index (Phi) is 2.86. The van der Waals surface area contributed by atoms with Crippen molar-refractivity contribution < 1.29 is 4.74 Å². The van der Waals surface area contributed by atoms with Crippen LogP contribution in [0.25, 0.3) is 0 Å². The van der Waals surface area contributed by atoms with Crippen LogP contribution in [0.2, 0.25) is 0 Å². The summed E-state index contributed by atoms with van der Waals surface area (Å²) in [6.45, 7) is 7.71. The van der Waals surface area contributed by atoms with Crippen LogP contribution in [0.3, 0.4) is 0 Å². The molecule has 2 saturated heterocycles. The third kappa shape index (κ3) is 2.42. The Morgan fingerprint density at radius 1 is 1.38 bits per heavy atom. The van der Waals surface area contributed by atoms with Crippen molar-refractivity contribution >= 4 is 0 Å². The fraction of sp³-hybridized carbons (Fsp3) is 1.00. The molecule has 76 valence electrons. The third-order valence-electron chi connectivity index (χ3n) is 3.30. The first-order valence-corrected chi connectivity index (χ1v) is 5.30. The van der Waals surface area contributed by atoms with E-state index in [1.807, 2.05) is 0 Å². The van der Waals surface area contributed by atoms with E-state index in [0.29, 0.717) is 5.41 Å². The predicted octanol–water partition coefficient (Wildman–Crippen LogP) is 0.364. The molecular weight excluding hydrogens is 164 g/mol. The van der Waals surface area contributed by atoms with Gasteiger partial charge in [0.25, 0.3) is 0 Å². The molecule has 2 fully saturated rings. The molecule has 13 heavy (non-hydrogen) atoms. The van der Waals surface area contributed by atoms with Gasteiger partial charge in [0.1, 0.15) is 0 Å². The molecule has 0 radical (unpaired) electrons. The van der Waals surface area contributed by atoms with E-state index in [-0.39, 0.29) is 0 Å². The lowest BCUT2D eigenvalue weighted by atomic mass is 9.82. The molecule has 3 nitrogen and oxygen atoms in total. The van der Waals surface area contributed by atoms with Gasteiger partial charge in [0.15, 0.2) is 0 Å². The maximum atomic E-state index is 5.37. The van der Waals surface area contributed by atoms with Crippen LogP contribution in [0, 0.1) is 5.41 Å². The lowest BCUT2D eigenvalue weighted by molar-refractivity contribution is 0.0221. The summed E-state index contributed by atoms with van der Waals surface area (Å²) in [6.07, 6.45) is 2.42. The Hall–Kier alpha value is -0.120. The number of nitrogens with one attached hydrogen (secondary N) is 2. The minimum atomic E-state index is 0.480. The van der Waals surface area contributed by atoms with E-state index in [0.717, 1.165) is 38.9 Å². The van der Waals surface area contributed by atoms with E-state index < -0.39 is 0 Å². The van der Waals surface area contributed by atoms with Gasteiger partial charge >= 0.3 is 0 Å². The van der Waals surface area contributed by atoms with Gasteiger partial charge in [-0.05, 0) is 18.3 Å². The number of rotatable bonds is 3. The van der Waals surface area contributed by atoms with Crippen molar-refractivity contribution in [1.29, 1.82) is 0 Å². The quantitative estimate of drug-likeness (QED) is 0.664. The molecule has 2 aliphatic heterocycles. The minimum absolute atomic E-state index is 0.480. The highest BCUT2D eigenvalue weighted by Gasteiger charge is 2.28. The molecule has 2 aliphatic rings. The number of hydrogen-bond donors (Lipinski definition) is 2. The van der Waals surface area contributed by atoms with E-state index >= 15 is 0 Å². The summed E-state index contributed by atoms with van der Waals surface area (Å²) in [5.74, 6) is 0. The average molecular weight is 184 g/mol. The Labute approximate surface area is 80.2 Å². The smallest absolute Gasteiger partial charge is 0.0471 e. The molecule has 0 unspecified atom stereocenters. The Bertz CT molecular complexity index is 162. The van der Waals surface area contributed by atoms with Gasteiger partial charge in [-0.2, -0.15) is 0 Å². The van der Waals surface area contributed by atoms with Crippen LogP contribution >= 0.6 is 0 Å². The second kappa shape index (κ2) is 3.95. The first-order chi connectivity index (χ1) is 6.29. The fourth-order valence-corrected chi connectivity index (χ4v) is 1.86. The average Bonchev–Trinajstić information content (AvgIpc) is 2.02. The summed E-state index contributed by atoms with van der Waals surface area (Å²) in [6, 6.07) is 0.722. The van der Waals surface area contributed by atoms with Gasteiger partial charge in [0.2, 0.25) is 0 Å². The zero-order chi connectivity index (χ0) is 9.15. The highest BCUT2D eigenvalue weighted by atomic mass is 16.5. The molecule has 0 spiro atoms. The van der Waals surface area contributed by atoms with Crippen LogP contribution in [0.15, 0.2) is 0 Å².